The molecule has 1 saturated heterocycles. The fourth-order valence-electron chi connectivity index (χ4n) is 3.67. The van der Waals surface area contributed by atoms with Crippen LogP contribution in [0.5, 0.6) is 5.75 Å². The number of β-amino-alcohol motifs (C(OH)–C–C–N with tert-alkyl or cyclic N) is 1. The van der Waals surface area contributed by atoms with E-state index in [1.54, 1.807) is 0 Å². The van der Waals surface area contributed by atoms with Gasteiger partial charge in [-0.3, -0.25) is 9.69 Å². The van der Waals surface area contributed by atoms with Crippen molar-refractivity contribution in [2.45, 2.75) is 12.5 Å². The first-order valence-corrected chi connectivity index (χ1v) is 9.43. The third kappa shape index (κ3) is 4.40. The zero-order valence-corrected chi connectivity index (χ0v) is 15.3. The Morgan fingerprint density at radius 2 is 1.85 bits per heavy atom. The molecule has 6 heteroatoms. The van der Waals surface area contributed by atoms with E-state index in [-0.39, 0.29) is 12.5 Å². The van der Waals surface area contributed by atoms with Gasteiger partial charge in [0.25, 0.3) is 0 Å². The van der Waals surface area contributed by atoms with E-state index in [0.29, 0.717) is 18.7 Å². The number of ether oxygens (including phenoxy) is 1. The monoisotopic (exact) mass is 367 g/mol. The number of anilines is 2. The number of amides is 1. The second-order valence-corrected chi connectivity index (χ2v) is 7.13. The number of carbonyl (C=O) groups is 1. The predicted octanol–water partition coefficient (Wildman–Crippen LogP) is 1.74. The zero-order chi connectivity index (χ0) is 18.6. The van der Waals surface area contributed by atoms with Crippen LogP contribution in [0.3, 0.4) is 0 Å². The molecule has 2 aliphatic rings. The number of rotatable bonds is 6. The first kappa shape index (κ1) is 17.8. The van der Waals surface area contributed by atoms with Crippen molar-refractivity contribution >= 4 is 17.3 Å². The molecular weight excluding hydrogens is 342 g/mol. The van der Waals surface area contributed by atoms with Crippen LogP contribution >= 0.6 is 0 Å². The highest BCUT2D eigenvalue weighted by molar-refractivity contribution is 5.99. The van der Waals surface area contributed by atoms with Crippen molar-refractivity contribution in [3.05, 3.63) is 54.1 Å². The van der Waals surface area contributed by atoms with Gasteiger partial charge in [-0.25, -0.2) is 0 Å². The van der Waals surface area contributed by atoms with Crippen LogP contribution in [0.25, 0.3) is 0 Å². The number of nitrogens with zero attached hydrogens (tertiary/aromatic N) is 2. The Balaban J connectivity index is 1.22. The lowest BCUT2D eigenvalue weighted by Crippen LogP contribution is -2.49. The molecule has 1 fully saturated rings. The van der Waals surface area contributed by atoms with Crippen molar-refractivity contribution in [1.82, 2.24) is 4.90 Å². The number of carbonyl (C=O) groups excluding carboxylic acids is 1. The molecule has 0 aliphatic carbocycles. The lowest BCUT2D eigenvalue weighted by atomic mass is 10.1. The van der Waals surface area contributed by atoms with Gasteiger partial charge in [0, 0.05) is 44.1 Å². The molecule has 1 unspecified atom stereocenters. The minimum Gasteiger partial charge on any atom is -0.491 e. The van der Waals surface area contributed by atoms with Crippen LogP contribution in [0.1, 0.15) is 5.56 Å². The van der Waals surface area contributed by atoms with E-state index in [2.05, 4.69) is 39.4 Å². The van der Waals surface area contributed by atoms with Gasteiger partial charge in [-0.15, -0.1) is 0 Å². The summed E-state index contributed by atoms with van der Waals surface area (Å²) in [4.78, 5) is 16.1. The SMILES string of the molecule is O=C1Cc2cc(OCC(O)CN3CCN(c4ccccc4)CC3)ccc2N1. The number of hydrogen-bond acceptors (Lipinski definition) is 5. The van der Waals surface area contributed by atoms with Crippen molar-refractivity contribution in [3.63, 3.8) is 0 Å². The molecule has 2 aliphatic heterocycles. The smallest absolute Gasteiger partial charge is 0.228 e. The molecule has 142 valence electrons. The highest BCUT2D eigenvalue weighted by Crippen LogP contribution is 2.27. The van der Waals surface area contributed by atoms with Crippen LogP contribution < -0.4 is 15.0 Å². The van der Waals surface area contributed by atoms with E-state index in [9.17, 15) is 9.90 Å². The summed E-state index contributed by atoms with van der Waals surface area (Å²) in [5.74, 6) is 0.704. The minimum absolute atomic E-state index is 0.0110. The lowest BCUT2D eigenvalue weighted by molar-refractivity contribution is -0.115. The van der Waals surface area contributed by atoms with Crippen LogP contribution in [-0.4, -0.2) is 61.3 Å². The summed E-state index contributed by atoms with van der Waals surface area (Å²) >= 11 is 0. The van der Waals surface area contributed by atoms with Crippen molar-refractivity contribution in [2.24, 2.45) is 0 Å². The Morgan fingerprint density at radius 1 is 1.07 bits per heavy atom. The molecule has 0 spiro atoms. The molecule has 0 radical (unpaired) electrons. The summed E-state index contributed by atoms with van der Waals surface area (Å²) in [6, 6.07) is 16.0. The van der Waals surface area contributed by atoms with Crippen molar-refractivity contribution in [1.29, 1.82) is 0 Å². The second-order valence-electron chi connectivity index (χ2n) is 7.13. The Labute approximate surface area is 159 Å². The van der Waals surface area contributed by atoms with Gasteiger partial charge in [0.15, 0.2) is 0 Å². The number of nitrogens with one attached hydrogen (secondary N) is 1. The third-order valence-electron chi connectivity index (χ3n) is 5.11. The molecule has 1 amide bonds. The summed E-state index contributed by atoms with van der Waals surface area (Å²) in [6.07, 6.45) is -0.151. The standard InChI is InChI=1S/C21H25N3O3/c25-18(15-27-19-6-7-20-16(12-19)13-21(26)22-20)14-23-8-10-24(11-9-23)17-4-2-1-3-5-17/h1-7,12,18,25H,8-11,13-15H2,(H,22,26). The molecule has 4 rings (SSSR count). The van der Waals surface area contributed by atoms with Gasteiger partial charge in [0.2, 0.25) is 5.91 Å². The zero-order valence-electron chi connectivity index (χ0n) is 15.3. The maximum absolute atomic E-state index is 11.4. The number of para-hydroxylation sites is 1. The Hall–Kier alpha value is -2.57. The average Bonchev–Trinajstić information content (AvgIpc) is 3.07. The van der Waals surface area contributed by atoms with Crippen LogP contribution in [0.15, 0.2) is 48.5 Å². The van der Waals surface area contributed by atoms with Crippen LogP contribution in [0.4, 0.5) is 11.4 Å². The van der Waals surface area contributed by atoms with Gasteiger partial charge in [0.05, 0.1) is 6.42 Å². The van der Waals surface area contributed by atoms with Crippen molar-refractivity contribution in [3.8, 4) is 5.75 Å². The number of benzene rings is 2. The molecular formula is C21H25N3O3. The van der Waals surface area contributed by atoms with Gasteiger partial charge in [0.1, 0.15) is 18.5 Å². The molecule has 27 heavy (non-hydrogen) atoms. The van der Waals surface area contributed by atoms with Gasteiger partial charge < -0.3 is 20.1 Å². The fraction of sp³-hybridized carbons (Fsp3) is 0.381. The average molecular weight is 367 g/mol. The number of hydrogen-bond donors (Lipinski definition) is 2. The molecule has 1 atom stereocenters. The van der Waals surface area contributed by atoms with Crippen LogP contribution in [0, 0.1) is 0 Å². The largest absolute Gasteiger partial charge is 0.491 e. The summed E-state index contributed by atoms with van der Waals surface area (Å²) in [6.45, 7) is 4.64. The normalized spacial score (nSPS) is 18.1. The van der Waals surface area contributed by atoms with Gasteiger partial charge in [-0.2, -0.15) is 0 Å². The molecule has 2 aromatic rings. The maximum atomic E-state index is 11.4. The van der Waals surface area contributed by atoms with E-state index in [1.165, 1.54) is 5.69 Å². The summed E-state index contributed by atoms with van der Waals surface area (Å²) in [5, 5.41) is 13.1. The second kappa shape index (κ2) is 7.98. The number of piperazine rings is 1. The molecule has 2 N–H and O–H groups in total. The molecule has 0 saturated carbocycles. The molecule has 6 nitrogen and oxygen atoms in total. The van der Waals surface area contributed by atoms with Crippen molar-refractivity contribution in [2.75, 3.05) is 49.5 Å². The summed E-state index contributed by atoms with van der Waals surface area (Å²) < 4.78 is 5.73. The third-order valence-corrected chi connectivity index (χ3v) is 5.11. The van der Waals surface area contributed by atoms with Gasteiger partial charge >= 0.3 is 0 Å². The van der Waals surface area contributed by atoms with Crippen LogP contribution in [0.2, 0.25) is 0 Å². The van der Waals surface area contributed by atoms with Crippen molar-refractivity contribution < 1.29 is 14.6 Å². The van der Waals surface area contributed by atoms with E-state index in [0.717, 1.165) is 37.4 Å². The van der Waals surface area contributed by atoms with E-state index >= 15 is 0 Å². The molecule has 2 aromatic carbocycles. The first-order valence-electron chi connectivity index (χ1n) is 9.43. The highest BCUT2D eigenvalue weighted by atomic mass is 16.5. The Morgan fingerprint density at radius 3 is 2.63 bits per heavy atom. The Bertz CT molecular complexity index is 789. The first-order chi connectivity index (χ1) is 13.2. The predicted molar refractivity (Wildman–Crippen MR) is 105 cm³/mol. The van der Waals surface area contributed by atoms with Gasteiger partial charge in [-0.05, 0) is 35.9 Å². The minimum atomic E-state index is -0.540. The van der Waals surface area contributed by atoms with E-state index in [1.807, 2.05) is 24.3 Å². The van der Waals surface area contributed by atoms with Gasteiger partial charge in [-0.1, -0.05) is 18.2 Å². The number of aliphatic hydroxyl groups is 1. The molecule has 0 aromatic heterocycles. The molecule has 2 heterocycles. The summed E-state index contributed by atoms with van der Waals surface area (Å²) in [5.41, 5.74) is 3.05. The number of fused-ring (bicyclic) bond motifs is 1. The number of aliphatic hydroxyl groups excluding tert-OH is 1. The van der Waals surface area contributed by atoms with Crippen LogP contribution in [-0.2, 0) is 11.2 Å². The topological polar surface area (TPSA) is 65.0 Å². The highest BCUT2D eigenvalue weighted by Gasteiger charge is 2.21. The Kier molecular flexibility index (Phi) is 5.27. The van der Waals surface area contributed by atoms with E-state index < -0.39 is 6.10 Å². The summed E-state index contributed by atoms with van der Waals surface area (Å²) in [7, 11) is 0. The quantitative estimate of drug-likeness (QED) is 0.814. The van der Waals surface area contributed by atoms with E-state index in [4.69, 9.17) is 4.74 Å². The molecule has 0 bridgehead atoms. The fourth-order valence-corrected chi connectivity index (χ4v) is 3.67. The lowest BCUT2D eigenvalue weighted by Gasteiger charge is -2.36. The maximum Gasteiger partial charge on any atom is 0.228 e.